The minimum atomic E-state index is -0.163. The monoisotopic (exact) mass is 407 g/mol. The van der Waals surface area contributed by atoms with Crippen LogP contribution in [-0.2, 0) is 13.6 Å². The first-order valence-electron chi connectivity index (χ1n) is 9.35. The van der Waals surface area contributed by atoms with E-state index >= 15 is 0 Å². The third-order valence-corrected chi connectivity index (χ3v) is 5.85. The van der Waals surface area contributed by atoms with E-state index in [4.69, 9.17) is 16.3 Å². The van der Waals surface area contributed by atoms with Gasteiger partial charge in [-0.1, -0.05) is 41.9 Å². The van der Waals surface area contributed by atoms with E-state index in [1.165, 1.54) is 15.7 Å². The van der Waals surface area contributed by atoms with E-state index in [1.54, 1.807) is 25.0 Å². The van der Waals surface area contributed by atoms with Crippen molar-refractivity contribution >= 4 is 22.5 Å². The molecule has 0 unspecified atom stereocenters. The number of halogens is 1. The lowest BCUT2D eigenvalue weighted by molar-refractivity contribution is 0.414. The molecule has 2 heterocycles. The lowest BCUT2D eigenvalue weighted by atomic mass is 9.99. The van der Waals surface area contributed by atoms with E-state index in [-0.39, 0.29) is 5.56 Å². The number of pyridine rings is 1. The van der Waals surface area contributed by atoms with E-state index in [1.807, 2.05) is 30.3 Å². The van der Waals surface area contributed by atoms with E-state index in [0.29, 0.717) is 17.2 Å². The van der Waals surface area contributed by atoms with Crippen molar-refractivity contribution in [1.29, 1.82) is 0 Å². The van der Waals surface area contributed by atoms with Gasteiger partial charge in [0.15, 0.2) is 0 Å². The summed E-state index contributed by atoms with van der Waals surface area (Å²) in [6.07, 6.45) is 1.73. The first-order valence-corrected chi connectivity index (χ1v) is 9.73. The number of ether oxygens (including phenoxy) is 1. The van der Waals surface area contributed by atoms with Gasteiger partial charge in [0.2, 0.25) is 0 Å². The highest BCUT2D eigenvalue weighted by Crippen LogP contribution is 2.34. The Kier molecular flexibility index (Phi) is 4.92. The van der Waals surface area contributed by atoms with Crippen molar-refractivity contribution in [2.75, 3.05) is 7.11 Å². The molecule has 0 aliphatic rings. The molecule has 0 fully saturated rings. The Labute approximate surface area is 174 Å². The Morgan fingerprint density at radius 1 is 1.07 bits per heavy atom. The number of rotatable bonds is 4. The van der Waals surface area contributed by atoms with Crippen LogP contribution >= 0.6 is 11.6 Å². The van der Waals surface area contributed by atoms with Crippen LogP contribution < -0.4 is 10.3 Å². The maximum atomic E-state index is 13.0. The Balaban J connectivity index is 1.90. The lowest BCUT2D eigenvalue weighted by Gasteiger charge is -2.13. The van der Waals surface area contributed by atoms with Crippen molar-refractivity contribution in [3.05, 3.63) is 80.9 Å². The van der Waals surface area contributed by atoms with Gasteiger partial charge in [-0.2, -0.15) is 5.10 Å². The molecule has 0 saturated carbocycles. The normalized spacial score (nSPS) is 11.2. The average molecular weight is 408 g/mol. The Morgan fingerprint density at radius 3 is 2.45 bits per heavy atom. The predicted molar refractivity (Wildman–Crippen MR) is 117 cm³/mol. The molecule has 0 radical (unpaired) electrons. The summed E-state index contributed by atoms with van der Waals surface area (Å²) in [6.45, 7) is 4.62. The number of hydrogen-bond acceptors (Lipinski definition) is 3. The molecule has 0 bridgehead atoms. The molecule has 0 N–H and O–H groups in total. The van der Waals surface area contributed by atoms with Crippen molar-refractivity contribution < 1.29 is 4.74 Å². The molecule has 0 spiro atoms. The highest BCUT2D eigenvalue weighted by Gasteiger charge is 2.19. The van der Waals surface area contributed by atoms with Crippen molar-refractivity contribution in [1.82, 2.24) is 14.3 Å². The quantitative estimate of drug-likeness (QED) is 0.459. The molecular formula is C23H22ClN3O2. The molecule has 29 heavy (non-hydrogen) atoms. The number of fused-ring (bicyclic) bond motifs is 1. The summed E-state index contributed by atoms with van der Waals surface area (Å²) >= 11 is 6.62. The van der Waals surface area contributed by atoms with Crippen LogP contribution in [0.25, 0.3) is 22.0 Å². The van der Waals surface area contributed by atoms with Gasteiger partial charge in [-0.05, 0) is 48.2 Å². The van der Waals surface area contributed by atoms with Gasteiger partial charge in [-0.25, -0.2) is 0 Å². The van der Waals surface area contributed by atoms with E-state index in [2.05, 4.69) is 31.1 Å². The first-order chi connectivity index (χ1) is 13.9. The molecule has 6 heteroatoms. The van der Waals surface area contributed by atoms with Crippen LogP contribution in [0.1, 0.15) is 16.7 Å². The molecular weight excluding hydrogens is 386 g/mol. The highest BCUT2D eigenvalue weighted by atomic mass is 35.5. The molecule has 0 aliphatic carbocycles. The third-order valence-electron chi connectivity index (χ3n) is 5.40. The molecule has 0 atom stereocenters. The maximum absolute atomic E-state index is 13.0. The summed E-state index contributed by atoms with van der Waals surface area (Å²) in [7, 11) is 3.33. The van der Waals surface area contributed by atoms with E-state index in [9.17, 15) is 4.79 Å². The van der Waals surface area contributed by atoms with Crippen LogP contribution in [0.3, 0.4) is 0 Å². The van der Waals surface area contributed by atoms with E-state index in [0.717, 1.165) is 27.8 Å². The Bertz CT molecular complexity index is 1270. The Hall–Kier alpha value is -3.05. The second-order valence-electron chi connectivity index (χ2n) is 7.24. The molecule has 2 aromatic carbocycles. The van der Waals surface area contributed by atoms with Crippen molar-refractivity contribution in [3.8, 4) is 16.9 Å². The molecule has 4 rings (SSSR count). The number of aryl methyl sites for hydroxylation is 2. The summed E-state index contributed by atoms with van der Waals surface area (Å²) in [5, 5.41) is 5.69. The third kappa shape index (κ3) is 3.32. The zero-order chi connectivity index (χ0) is 20.7. The molecule has 4 aromatic rings. The number of methoxy groups -OCH3 is 1. The van der Waals surface area contributed by atoms with Crippen LogP contribution in [0.5, 0.6) is 5.75 Å². The van der Waals surface area contributed by atoms with Crippen LogP contribution in [-0.4, -0.2) is 21.5 Å². The zero-order valence-corrected chi connectivity index (χ0v) is 17.6. The summed E-state index contributed by atoms with van der Waals surface area (Å²) in [5.74, 6) is 0.791. The SMILES string of the molecule is COc1ccc(Cn2ncc3c(-c4ccc(C)c(C)c4)c(Cl)n(C)c(=O)c32)cc1. The molecule has 0 saturated heterocycles. The highest BCUT2D eigenvalue weighted by molar-refractivity contribution is 6.33. The van der Waals surface area contributed by atoms with Gasteiger partial charge in [-0.3, -0.25) is 14.0 Å². The molecule has 0 amide bonds. The van der Waals surface area contributed by atoms with Gasteiger partial charge in [0, 0.05) is 18.0 Å². The Morgan fingerprint density at radius 2 is 1.79 bits per heavy atom. The number of benzene rings is 2. The maximum Gasteiger partial charge on any atom is 0.277 e. The average Bonchev–Trinajstić information content (AvgIpc) is 3.13. The summed E-state index contributed by atoms with van der Waals surface area (Å²) in [4.78, 5) is 13.0. The molecule has 5 nitrogen and oxygen atoms in total. The number of hydrogen-bond donors (Lipinski definition) is 0. The zero-order valence-electron chi connectivity index (χ0n) is 16.9. The van der Waals surface area contributed by atoms with Crippen LogP contribution in [0, 0.1) is 13.8 Å². The fourth-order valence-corrected chi connectivity index (χ4v) is 3.80. The fraction of sp³-hybridized carbons (Fsp3) is 0.217. The summed E-state index contributed by atoms with van der Waals surface area (Å²) in [6, 6.07) is 13.9. The van der Waals surface area contributed by atoms with Gasteiger partial charge in [0.25, 0.3) is 5.56 Å². The first kappa shape index (κ1) is 19.3. The predicted octanol–water partition coefficient (Wildman–Crippen LogP) is 4.73. The summed E-state index contributed by atoms with van der Waals surface area (Å²) < 4.78 is 8.44. The topological polar surface area (TPSA) is 49.0 Å². The van der Waals surface area contributed by atoms with Crippen LogP contribution in [0.15, 0.2) is 53.5 Å². The minimum absolute atomic E-state index is 0.163. The van der Waals surface area contributed by atoms with Gasteiger partial charge in [-0.15, -0.1) is 0 Å². The fourth-order valence-electron chi connectivity index (χ4n) is 3.52. The van der Waals surface area contributed by atoms with Gasteiger partial charge < -0.3 is 4.74 Å². The van der Waals surface area contributed by atoms with Crippen molar-refractivity contribution in [2.45, 2.75) is 20.4 Å². The van der Waals surface area contributed by atoms with Gasteiger partial charge in [0.1, 0.15) is 16.4 Å². The second-order valence-corrected chi connectivity index (χ2v) is 7.60. The number of nitrogens with zero attached hydrogens (tertiary/aromatic N) is 3. The molecule has 148 valence electrons. The smallest absolute Gasteiger partial charge is 0.277 e. The molecule has 2 aromatic heterocycles. The standard InChI is InChI=1S/C23H22ClN3O2/c1-14-5-8-17(11-15(14)2)20-19-12-25-27(21(19)23(28)26(3)22(20)24)13-16-6-9-18(29-4)10-7-16/h5-12H,13H2,1-4H3. The lowest BCUT2D eigenvalue weighted by Crippen LogP contribution is -2.21. The van der Waals surface area contributed by atoms with Crippen molar-refractivity contribution in [3.63, 3.8) is 0 Å². The summed E-state index contributed by atoms with van der Waals surface area (Å²) in [5.41, 5.74) is 5.59. The number of aromatic nitrogens is 3. The molecule has 0 aliphatic heterocycles. The van der Waals surface area contributed by atoms with Crippen LogP contribution in [0.2, 0.25) is 5.15 Å². The van der Waals surface area contributed by atoms with Gasteiger partial charge in [0.05, 0.1) is 19.9 Å². The minimum Gasteiger partial charge on any atom is -0.497 e. The van der Waals surface area contributed by atoms with E-state index < -0.39 is 0 Å². The second kappa shape index (κ2) is 7.41. The largest absolute Gasteiger partial charge is 0.497 e. The van der Waals surface area contributed by atoms with Gasteiger partial charge >= 0.3 is 0 Å². The van der Waals surface area contributed by atoms with Crippen LogP contribution in [0.4, 0.5) is 0 Å². The van der Waals surface area contributed by atoms with Crippen molar-refractivity contribution in [2.24, 2.45) is 7.05 Å².